The summed E-state index contributed by atoms with van der Waals surface area (Å²) in [5.74, 6) is -0.0652. The Hall–Kier alpha value is -1.93. The average molecular weight is 204 g/mol. The lowest BCUT2D eigenvalue weighted by Crippen LogP contribution is -2.30. The number of carbonyl (C=O) groups is 1. The molecule has 0 fully saturated rings. The van der Waals surface area contributed by atoms with Gasteiger partial charge in [0.2, 0.25) is 5.91 Å². The van der Waals surface area contributed by atoms with Gasteiger partial charge in [-0.25, -0.2) is 4.98 Å². The summed E-state index contributed by atoms with van der Waals surface area (Å²) < 4.78 is 0. The molecule has 15 heavy (non-hydrogen) atoms. The SMILES string of the molecule is CNC(=O)CNCc1ccnc(C#N)c1. The fourth-order valence-corrected chi connectivity index (χ4v) is 1.05. The van der Waals surface area contributed by atoms with Crippen LogP contribution < -0.4 is 10.6 Å². The van der Waals surface area contributed by atoms with E-state index in [-0.39, 0.29) is 12.5 Å². The van der Waals surface area contributed by atoms with Crippen molar-refractivity contribution in [2.45, 2.75) is 6.54 Å². The Morgan fingerprint density at radius 2 is 2.47 bits per heavy atom. The monoisotopic (exact) mass is 204 g/mol. The van der Waals surface area contributed by atoms with Crippen LogP contribution >= 0.6 is 0 Å². The molecule has 1 heterocycles. The molecule has 0 aliphatic carbocycles. The Labute approximate surface area is 88.1 Å². The van der Waals surface area contributed by atoms with Gasteiger partial charge in [-0.05, 0) is 17.7 Å². The van der Waals surface area contributed by atoms with E-state index in [4.69, 9.17) is 5.26 Å². The number of nitriles is 1. The Balaban J connectivity index is 2.44. The number of amides is 1. The highest BCUT2D eigenvalue weighted by Gasteiger charge is 1.98. The highest BCUT2D eigenvalue weighted by Crippen LogP contribution is 1.99. The molecular weight excluding hydrogens is 192 g/mol. The molecule has 5 nitrogen and oxygen atoms in total. The lowest BCUT2D eigenvalue weighted by molar-refractivity contribution is -0.119. The molecule has 5 heteroatoms. The van der Waals surface area contributed by atoms with E-state index in [2.05, 4.69) is 15.6 Å². The van der Waals surface area contributed by atoms with E-state index in [0.717, 1.165) is 5.56 Å². The average Bonchev–Trinajstić information content (AvgIpc) is 2.29. The first-order valence-electron chi connectivity index (χ1n) is 4.52. The first-order valence-corrected chi connectivity index (χ1v) is 4.52. The van der Waals surface area contributed by atoms with Gasteiger partial charge in [0.1, 0.15) is 11.8 Å². The molecule has 2 N–H and O–H groups in total. The van der Waals surface area contributed by atoms with Crippen molar-refractivity contribution in [3.63, 3.8) is 0 Å². The van der Waals surface area contributed by atoms with Gasteiger partial charge in [0.05, 0.1) is 6.54 Å². The molecule has 1 aromatic heterocycles. The maximum atomic E-state index is 10.9. The molecular formula is C10H12N4O. The fraction of sp³-hybridized carbons (Fsp3) is 0.300. The number of nitrogens with one attached hydrogen (secondary N) is 2. The van der Waals surface area contributed by atoms with Crippen molar-refractivity contribution < 1.29 is 4.79 Å². The third kappa shape index (κ3) is 3.75. The van der Waals surface area contributed by atoms with Crippen LogP contribution in [0, 0.1) is 11.3 Å². The van der Waals surface area contributed by atoms with Crippen LogP contribution in [0.4, 0.5) is 0 Å². The Bertz CT molecular complexity index is 383. The summed E-state index contributed by atoms with van der Waals surface area (Å²) in [7, 11) is 1.59. The van der Waals surface area contributed by atoms with Crippen molar-refractivity contribution in [2.24, 2.45) is 0 Å². The van der Waals surface area contributed by atoms with Crippen molar-refractivity contribution in [3.8, 4) is 6.07 Å². The molecule has 78 valence electrons. The smallest absolute Gasteiger partial charge is 0.233 e. The van der Waals surface area contributed by atoms with E-state index < -0.39 is 0 Å². The predicted octanol–water partition coefficient (Wildman–Crippen LogP) is -0.211. The summed E-state index contributed by atoms with van der Waals surface area (Å²) in [6.07, 6.45) is 1.58. The Morgan fingerprint density at radius 3 is 3.13 bits per heavy atom. The molecule has 0 unspecified atom stereocenters. The second-order valence-electron chi connectivity index (χ2n) is 2.94. The van der Waals surface area contributed by atoms with Crippen LogP contribution in [0.5, 0.6) is 0 Å². The first-order chi connectivity index (χ1) is 7.26. The minimum absolute atomic E-state index is 0.0652. The van der Waals surface area contributed by atoms with Gasteiger partial charge in [0.25, 0.3) is 0 Å². The van der Waals surface area contributed by atoms with Gasteiger partial charge in [0, 0.05) is 19.8 Å². The molecule has 0 saturated carbocycles. The minimum atomic E-state index is -0.0652. The standard InChI is InChI=1S/C10H12N4O/c1-12-10(15)7-13-6-8-2-3-14-9(4-8)5-11/h2-4,13H,6-7H2,1H3,(H,12,15). The first kappa shape index (κ1) is 11.1. The van der Waals surface area contributed by atoms with Gasteiger partial charge in [-0.2, -0.15) is 5.26 Å². The summed E-state index contributed by atoms with van der Waals surface area (Å²) in [5, 5.41) is 14.1. The molecule has 0 aliphatic rings. The zero-order chi connectivity index (χ0) is 11.1. The van der Waals surface area contributed by atoms with Gasteiger partial charge < -0.3 is 10.6 Å². The van der Waals surface area contributed by atoms with Gasteiger partial charge in [-0.15, -0.1) is 0 Å². The van der Waals surface area contributed by atoms with Gasteiger partial charge in [-0.1, -0.05) is 0 Å². The number of hydrogen-bond acceptors (Lipinski definition) is 4. The summed E-state index contributed by atoms with van der Waals surface area (Å²) in [6.45, 7) is 0.811. The molecule has 1 amide bonds. The number of carbonyl (C=O) groups excluding carboxylic acids is 1. The van der Waals surface area contributed by atoms with E-state index >= 15 is 0 Å². The van der Waals surface area contributed by atoms with Crippen LogP contribution in [0.15, 0.2) is 18.3 Å². The van der Waals surface area contributed by atoms with Crippen molar-refractivity contribution in [1.29, 1.82) is 5.26 Å². The summed E-state index contributed by atoms with van der Waals surface area (Å²) in [4.78, 5) is 14.7. The van der Waals surface area contributed by atoms with Crippen LogP contribution in [-0.2, 0) is 11.3 Å². The number of likely N-dealkylation sites (N-methyl/N-ethyl adjacent to an activating group) is 1. The van der Waals surface area contributed by atoms with Crippen LogP contribution in [0.25, 0.3) is 0 Å². The summed E-state index contributed by atoms with van der Waals surface area (Å²) in [6, 6.07) is 5.45. The molecule has 1 aromatic rings. The molecule has 0 bridgehead atoms. The fourth-order valence-electron chi connectivity index (χ4n) is 1.05. The van der Waals surface area contributed by atoms with Crippen LogP contribution in [0.1, 0.15) is 11.3 Å². The van der Waals surface area contributed by atoms with Gasteiger partial charge in [-0.3, -0.25) is 4.79 Å². The van der Waals surface area contributed by atoms with Gasteiger partial charge >= 0.3 is 0 Å². The molecule has 0 spiro atoms. The summed E-state index contributed by atoms with van der Waals surface area (Å²) >= 11 is 0. The van der Waals surface area contributed by atoms with E-state index in [0.29, 0.717) is 12.2 Å². The van der Waals surface area contributed by atoms with Crippen molar-refractivity contribution in [1.82, 2.24) is 15.6 Å². The summed E-state index contributed by atoms with van der Waals surface area (Å²) in [5.41, 5.74) is 1.32. The van der Waals surface area contributed by atoms with Crippen LogP contribution in [-0.4, -0.2) is 24.5 Å². The second kappa shape index (κ2) is 5.73. The second-order valence-corrected chi connectivity index (χ2v) is 2.94. The van der Waals surface area contributed by atoms with Crippen molar-refractivity contribution in [2.75, 3.05) is 13.6 Å². The number of hydrogen-bond donors (Lipinski definition) is 2. The topological polar surface area (TPSA) is 77.8 Å². The van der Waals surface area contributed by atoms with Crippen molar-refractivity contribution in [3.05, 3.63) is 29.6 Å². The Morgan fingerprint density at radius 1 is 1.67 bits per heavy atom. The van der Waals surface area contributed by atoms with E-state index in [1.807, 2.05) is 6.07 Å². The van der Waals surface area contributed by atoms with Crippen LogP contribution in [0.3, 0.4) is 0 Å². The highest BCUT2D eigenvalue weighted by atomic mass is 16.1. The number of aromatic nitrogens is 1. The number of nitrogens with zero attached hydrogens (tertiary/aromatic N) is 2. The molecule has 0 aromatic carbocycles. The third-order valence-electron chi connectivity index (χ3n) is 1.83. The Kier molecular flexibility index (Phi) is 4.26. The maximum absolute atomic E-state index is 10.9. The quantitative estimate of drug-likeness (QED) is 0.711. The van der Waals surface area contributed by atoms with E-state index in [1.54, 1.807) is 25.4 Å². The zero-order valence-corrected chi connectivity index (χ0v) is 8.45. The normalized spacial score (nSPS) is 9.33. The number of rotatable bonds is 4. The molecule has 0 aliphatic heterocycles. The lowest BCUT2D eigenvalue weighted by atomic mass is 10.2. The molecule has 0 radical (unpaired) electrons. The number of pyridine rings is 1. The zero-order valence-electron chi connectivity index (χ0n) is 8.45. The minimum Gasteiger partial charge on any atom is -0.358 e. The highest BCUT2D eigenvalue weighted by molar-refractivity contribution is 5.77. The third-order valence-corrected chi connectivity index (χ3v) is 1.83. The van der Waals surface area contributed by atoms with Gasteiger partial charge in [0.15, 0.2) is 0 Å². The maximum Gasteiger partial charge on any atom is 0.233 e. The van der Waals surface area contributed by atoms with E-state index in [1.165, 1.54) is 0 Å². The molecule has 0 saturated heterocycles. The molecule has 1 rings (SSSR count). The molecule has 0 atom stereocenters. The largest absolute Gasteiger partial charge is 0.358 e. The predicted molar refractivity (Wildman–Crippen MR) is 54.7 cm³/mol. The lowest BCUT2D eigenvalue weighted by Gasteiger charge is -2.03. The van der Waals surface area contributed by atoms with E-state index in [9.17, 15) is 4.79 Å². The van der Waals surface area contributed by atoms with Crippen LogP contribution in [0.2, 0.25) is 0 Å². The van der Waals surface area contributed by atoms with Crippen molar-refractivity contribution >= 4 is 5.91 Å².